The monoisotopic (exact) mass is 254 g/mol. The molecule has 2 unspecified atom stereocenters. The largest absolute Gasteiger partial charge is 0.324 e. The average molecular weight is 254 g/mol. The van der Waals surface area contributed by atoms with Crippen LogP contribution < -0.4 is 11.1 Å². The molecule has 1 heterocycles. The lowest BCUT2D eigenvalue weighted by Gasteiger charge is -2.25. The molecule has 3 rings (SSSR count). The number of nitrogens with two attached hydrogens (primary N) is 1. The molecule has 2 aromatic rings. The van der Waals surface area contributed by atoms with Gasteiger partial charge in [0.05, 0.1) is 0 Å². The van der Waals surface area contributed by atoms with E-state index in [2.05, 4.69) is 47.8 Å². The summed E-state index contributed by atoms with van der Waals surface area (Å²) in [5.41, 5.74) is 7.66. The fraction of sp³-hybridized carbons (Fsp3) is 0.412. The van der Waals surface area contributed by atoms with Gasteiger partial charge in [0.25, 0.3) is 0 Å². The summed E-state index contributed by atoms with van der Waals surface area (Å²) in [5.74, 6) is 0.732. The smallest absolute Gasteiger partial charge is 0.0298 e. The van der Waals surface area contributed by atoms with E-state index in [1.165, 1.54) is 35.7 Å². The minimum Gasteiger partial charge on any atom is -0.324 e. The van der Waals surface area contributed by atoms with Crippen molar-refractivity contribution in [2.75, 3.05) is 13.1 Å². The van der Waals surface area contributed by atoms with Crippen LogP contribution in [0.5, 0.6) is 0 Å². The van der Waals surface area contributed by atoms with Crippen molar-refractivity contribution < 1.29 is 0 Å². The molecule has 0 amide bonds. The maximum atomic E-state index is 6.39. The van der Waals surface area contributed by atoms with Crippen LogP contribution in [0.1, 0.15) is 30.9 Å². The molecule has 1 fully saturated rings. The Bertz CT molecular complexity index is 544. The van der Waals surface area contributed by atoms with Crippen molar-refractivity contribution in [3.05, 3.63) is 48.0 Å². The van der Waals surface area contributed by atoms with Gasteiger partial charge in [-0.3, -0.25) is 0 Å². The fourth-order valence-electron chi connectivity index (χ4n) is 3.06. The van der Waals surface area contributed by atoms with E-state index < -0.39 is 0 Å². The van der Waals surface area contributed by atoms with Gasteiger partial charge in [-0.15, -0.1) is 0 Å². The van der Waals surface area contributed by atoms with Crippen molar-refractivity contribution in [2.45, 2.75) is 25.3 Å². The molecule has 0 radical (unpaired) electrons. The van der Waals surface area contributed by atoms with Crippen LogP contribution >= 0.6 is 0 Å². The van der Waals surface area contributed by atoms with Gasteiger partial charge < -0.3 is 11.1 Å². The Morgan fingerprint density at radius 2 is 2.00 bits per heavy atom. The number of benzene rings is 2. The highest BCUT2D eigenvalue weighted by atomic mass is 14.9. The predicted octanol–water partition coefficient (Wildman–Crippen LogP) is 3.23. The zero-order valence-electron chi connectivity index (χ0n) is 11.3. The van der Waals surface area contributed by atoms with E-state index in [-0.39, 0.29) is 6.04 Å². The molecular formula is C17H22N2. The van der Waals surface area contributed by atoms with E-state index in [1.54, 1.807) is 0 Å². The van der Waals surface area contributed by atoms with Crippen molar-refractivity contribution in [2.24, 2.45) is 11.7 Å². The Morgan fingerprint density at radius 3 is 2.79 bits per heavy atom. The molecule has 100 valence electrons. The fourth-order valence-corrected chi connectivity index (χ4v) is 3.06. The molecule has 0 spiro atoms. The molecule has 1 aliphatic rings. The third-order valence-corrected chi connectivity index (χ3v) is 4.19. The summed E-state index contributed by atoms with van der Waals surface area (Å²) >= 11 is 0. The van der Waals surface area contributed by atoms with Gasteiger partial charge in [0.2, 0.25) is 0 Å². The van der Waals surface area contributed by atoms with Gasteiger partial charge in [-0.2, -0.15) is 0 Å². The second-order valence-electron chi connectivity index (χ2n) is 5.66. The number of hydrogen-bond donors (Lipinski definition) is 2. The van der Waals surface area contributed by atoms with Crippen molar-refractivity contribution in [1.82, 2.24) is 5.32 Å². The lowest BCUT2D eigenvalue weighted by atomic mass is 9.89. The molecule has 2 aromatic carbocycles. The van der Waals surface area contributed by atoms with Crippen LogP contribution in [0.25, 0.3) is 10.8 Å². The maximum Gasteiger partial charge on any atom is 0.0298 e. The molecule has 2 atom stereocenters. The van der Waals surface area contributed by atoms with E-state index in [1.807, 2.05) is 0 Å². The Hall–Kier alpha value is -1.38. The van der Waals surface area contributed by atoms with Crippen LogP contribution in [-0.4, -0.2) is 13.1 Å². The molecule has 1 aliphatic heterocycles. The molecular weight excluding hydrogens is 232 g/mol. The first-order valence-corrected chi connectivity index (χ1v) is 7.28. The Labute approximate surface area is 115 Å². The van der Waals surface area contributed by atoms with Crippen LogP contribution in [0.15, 0.2) is 42.5 Å². The van der Waals surface area contributed by atoms with Gasteiger partial charge in [-0.05, 0) is 60.7 Å². The lowest BCUT2D eigenvalue weighted by molar-refractivity contribution is 0.337. The molecule has 0 bridgehead atoms. The molecule has 3 N–H and O–H groups in total. The second kappa shape index (κ2) is 5.72. The first-order valence-electron chi connectivity index (χ1n) is 7.28. The zero-order chi connectivity index (χ0) is 13.1. The van der Waals surface area contributed by atoms with Crippen molar-refractivity contribution in [1.29, 1.82) is 0 Å². The van der Waals surface area contributed by atoms with Crippen LogP contribution in [0.4, 0.5) is 0 Å². The summed E-state index contributed by atoms with van der Waals surface area (Å²) < 4.78 is 0. The third-order valence-electron chi connectivity index (χ3n) is 4.19. The SMILES string of the molecule is NC(CC1CCCNC1)c1ccc2ccccc2c1. The Morgan fingerprint density at radius 1 is 1.16 bits per heavy atom. The highest BCUT2D eigenvalue weighted by molar-refractivity contribution is 5.83. The molecule has 19 heavy (non-hydrogen) atoms. The normalized spacial score (nSPS) is 21.4. The highest BCUT2D eigenvalue weighted by Gasteiger charge is 2.17. The van der Waals surface area contributed by atoms with Crippen LogP contribution in [0.3, 0.4) is 0 Å². The van der Waals surface area contributed by atoms with Gasteiger partial charge in [-0.25, -0.2) is 0 Å². The van der Waals surface area contributed by atoms with Gasteiger partial charge in [0.1, 0.15) is 0 Å². The molecule has 0 aliphatic carbocycles. The molecule has 0 aromatic heterocycles. The summed E-state index contributed by atoms with van der Waals surface area (Å²) in [4.78, 5) is 0. The molecule has 0 saturated carbocycles. The van der Waals surface area contributed by atoms with E-state index >= 15 is 0 Å². The van der Waals surface area contributed by atoms with E-state index in [4.69, 9.17) is 5.73 Å². The predicted molar refractivity (Wildman–Crippen MR) is 81.1 cm³/mol. The number of rotatable bonds is 3. The summed E-state index contributed by atoms with van der Waals surface area (Å²) in [5, 5.41) is 6.04. The lowest BCUT2D eigenvalue weighted by Crippen LogP contribution is -2.31. The van der Waals surface area contributed by atoms with Gasteiger partial charge in [0.15, 0.2) is 0 Å². The van der Waals surface area contributed by atoms with Crippen molar-refractivity contribution in [3.8, 4) is 0 Å². The summed E-state index contributed by atoms with van der Waals surface area (Å²) in [6, 6.07) is 15.2. The van der Waals surface area contributed by atoms with Gasteiger partial charge in [0, 0.05) is 6.04 Å². The van der Waals surface area contributed by atoms with Crippen LogP contribution in [0.2, 0.25) is 0 Å². The third kappa shape index (κ3) is 2.96. The summed E-state index contributed by atoms with van der Waals surface area (Å²) in [7, 11) is 0. The summed E-state index contributed by atoms with van der Waals surface area (Å²) in [6.45, 7) is 2.29. The number of fused-ring (bicyclic) bond motifs is 1. The first kappa shape index (κ1) is 12.6. The quantitative estimate of drug-likeness (QED) is 0.882. The Kier molecular flexibility index (Phi) is 3.81. The molecule has 2 nitrogen and oxygen atoms in total. The molecule has 2 heteroatoms. The Balaban J connectivity index is 1.75. The zero-order valence-corrected chi connectivity index (χ0v) is 11.3. The first-order chi connectivity index (χ1) is 9.33. The van der Waals surface area contributed by atoms with E-state index in [0.29, 0.717) is 0 Å². The summed E-state index contributed by atoms with van der Waals surface area (Å²) in [6.07, 6.45) is 3.69. The average Bonchev–Trinajstić information content (AvgIpc) is 2.48. The van der Waals surface area contributed by atoms with Gasteiger partial charge in [-0.1, -0.05) is 36.4 Å². The maximum absolute atomic E-state index is 6.39. The van der Waals surface area contributed by atoms with Crippen LogP contribution in [0, 0.1) is 5.92 Å². The van der Waals surface area contributed by atoms with Crippen molar-refractivity contribution in [3.63, 3.8) is 0 Å². The van der Waals surface area contributed by atoms with Gasteiger partial charge >= 0.3 is 0 Å². The van der Waals surface area contributed by atoms with Crippen molar-refractivity contribution >= 4 is 10.8 Å². The standard InChI is InChI=1S/C17H22N2/c18-17(10-13-4-3-9-19-12-13)16-8-7-14-5-1-2-6-15(14)11-16/h1-2,5-8,11,13,17,19H,3-4,9-10,12,18H2. The molecule has 1 saturated heterocycles. The highest BCUT2D eigenvalue weighted by Crippen LogP contribution is 2.25. The number of hydrogen-bond acceptors (Lipinski definition) is 2. The van der Waals surface area contributed by atoms with Crippen LogP contribution in [-0.2, 0) is 0 Å². The minimum absolute atomic E-state index is 0.162. The number of nitrogens with one attached hydrogen (secondary N) is 1. The number of piperidine rings is 1. The van der Waals surface area contributed by atoms with E-state index in [9.17, 15) is 0 Å². The van der Waals surface area contributed by atoms with E-state index in [0.717, 1.165) is 18.9 Å². The second-order valence-corrected chi connectivity index (χ2v) is 5.66. The topological polar surface area (TPSA) is 38.0 Å². The minimum atomic E-state index is 0.162.